The van der Waals surface area contributed by atoms with E-state index in [9.17, 15) is 4.79 Å². The Hall–Kier alpha value is -1.30. The third-order valence-corrected chi connectivity index (χ3v) is 5.19. The first kappa shape index (κ1) is 14.6. The lowest BCUT2D eigenvalue weighted by Gasteiger charge is -2.35. The van der Waals surface area contributed by atoms with Crippen molar-refractivity contribution in [1.29, 1.82) is 0 Å². The van der Waals surface area contributed by atoms with Crippen LogP contribution in [0.25, 0.3) is 0 Å². The molecule has 114 valence electrons. The van der Waals surface area contributed by atoms with Crippen molar-refractivity contribution in [2.24, 2.45) is 5.92 Å². The molecule has 3 heterocycles. The van der Waals surface area contributed by atoms with Gasteiger partial charge in [0.25, 0.3) is 0 Å². The molecule has 5 nitrogen and oxygen atoms in total. The predicted molar refractivity (Wildman–Crippen MR) is 85.6 cm³/mol. The van der Waals surface area contributed by atoms with Gasteiger partial charge in [-0.25, -0.2) is 9.97 Å². The normalized spacial score (nSPS) is 20.6. The van der Waals surface area contributed by atoms with Crippen LogP contribution in [0.1, 0.15) is 18.7 Å². The lowest BCUT2D eigenvalue weighted by atomic mass is 9.95. The average molecular weight is 306 g/mol. The van der Waals surface area contributed by atoms with E-state index in [-0.39, 0.29) is 5.92 Å². The Morgan fingerprint density at radius 3 is 2.62 bits per heavy atom. The second-order valence-electron chi connectivity index (χ2n) is 5.66. The van der Waals surface area contributed by atoms with Gasteiger partial charge < -0.3 is 9.80 Å². The first-order valence-electron chi connectivity index (χ1n) is 7.65. The number of aryl methyl sites for hydroxylation is 1. The Balaban J connectivity index is 1.56. The van der Waals surface area contributed by atoms with Crippen molar-refractivity contribution >= 4 is 23.5 Å². The quantitative estimate of drug-likeness (QED) is 0.830. The third kappa shape index (κ3) is 3.48. The fourth-order valence-corrected chi connectivity index (χ4v) is 3.92. The van der Waals surface area contributed by atoms with Gasteiger partial charge in [0, 0.05) is 49.8 Å². The van der Waals surface area contributed by atoms with E-state index in [2.05, 4.69) is 19.8 Å². The molecule has 0 atom stereocenters. The largest absolute Gasteiger partial charge is 0.356 e. The fraction of sp³-hybridized carbons (Fsp3) is 0.667. The average Bonchev–Trinajstić information content (AvgIpc) is 2.55. The summed E-state index contributed by atoms with van der Waals surface area (Å²) in [6.45, 7) is 5.59. The SMILES string of the molecule is Cc1nccc(N2CCC(C(=O)N3CCSCC3)CC2)n1. The van der Waals surface area contributed by atoms with Crippen LogP contribution in [0.4, 0.5) is 5.82 Å². The van der Waals surface area contributed by atoms with Crippen LogP contribution in [-0.2, 0) is 4.79 Å². The van der Waals surface area contributed by atoms with E-state index in [0.717, 1.165) is 62.2 Å². The Morgan fingerprint density at radius 2 is 1.95 bits per heavy atom. The number of piperidine rings is 1. The zero-order valence-corrected chi connectivity index (χ0v) is 13.3. The fourth-order valence-electron chi connectivity index (χ4n) is 3.02. The minimum Gasteiger partial charge on any atom is -0.356 e. The molecule has 2 saturated heterocycles. The van der Waals surface area contributed by atoms with Crippen molar-refractivity contribution in [3.05, 3.63) is 18.1 Å². The lowest BCUT2D eigenvalue weighted by molar-refractivity contribution is -0.135. The second kappa shape index (κ2) is 6.64. The molecule has 0 N–H and O–H groups in total. The summed E-state index contributed by atoms with van der Waals surface area (Å²) < 4.78 is 0. The molecule has 0 saturated carbocycles. The van der Waals surface area contributed by atoms with Crippen molar-refractivity contribution in [2.75, 3.05) is 42.6 Å². The van der Waals surface area contributed by atoms with Crippen LogP contribution in [0.3, 0.4) is 0 Å². The van der Waals surface area contributed by atoms with Gasteiger partial charge in [-0.15, -0.1) is 0 Å². The van der Waals surface area contributed by atoms with Crippen molar-refractivity contribution in [1.82, 2.24) is 14.9 Å². The number of thioether (sulfide) groups is 1. The van der Waals surface area contributed by atoms with Crippen LogP contribution in [-0.4, -0.2) is 58.5 Å². The molecule has 6 heteroatoms. The number of hydrogen-bond acceptors (Lipinski definition) is 5. The lowest BCUT2D eigenvalue weighted by Crippen LogP contribution is -2.45. The Bertz CT molecular complexity index is 496. The second-order valence-corrected chi connectivity index (χ2v) is 6.89. The highest BCUT2D eigenvalue weighted by Crippen LogP contribution is 2.24. The topological polar surface area (TPSA) is 49.3 Å². The third-order valence-electron chi connectivity index (χ3n) is 4.25. The maximum absolute atomic E-state index is 12.5. The van der Waals surface area contributed by atoms with Gasteiger partial charge in [-0.1, -0.05) is 0 Å². The van der Waals surface area contributed by atoms with Crippen LogP contribution < -0.4 is 4.90 Å². The van der Waals surface area contributed by atoms with E-state index in [1.807, 2.05) is 24.8 Å². The van der Waals surface area contributed by atoms with Gasteiger partial charge in [-0.3, -0.25) is 4.79 Å². The molecule has 1 aromatic rings. The molecule has 0 aromatic carbocycles. The highest BCUT2D eigenvalue weighted by molar-refractivity contribution is 7.99. The number of carbonyl (C=O) groups is 1. The molecule has 2 aliphatic heterocycles. The van der Waals surface area contributed by atoms with Crippen molar-refractivity contribution < 1.29 is 4.79 Å². The number of aromatic nitrogens is 2. The maximum Gasteiger partial charge on any atom is 0.225 e. The Kier molecular flexibility index (Phi) is 4.63. The van der Waals surface area contributed by atoms with E-state index in [1.165, 1.54) is 0 Å². The zero-order chi connectivity index (χ0) is 14.7. The number of nitrogens with zero attached hydrogens (tertiary/aromatic N) is 4. The number of carbonyl (C=O) groups excluding carboxylic acids is 1. The molecule has 2 fully saturated rings. The van der Waals surface area contributed by atoms with Crippen molar-refractivity contribution in [3.63, 3.8) is 0 Å². The number of rotatable bonds is 2. The van der Waals surface area contributed by atoms with E-state index in [4.69, 9.17) is 0 Å². The maximum atomic E-state index is 12.5. The van der Waals surface area contributed by atoms with E-state index < -0.39 is 0 Å². The van der Waals surface area contributed by atoms with E-state index in [0.29, 0.717) is 5.91 Å². The van der Waals surface area contributed by atoms with Gasteiger partial charge in [-0.2, -0.15) is 11.8 Å². The van der Waals surface area contributed by atoms with Gasteiger partial charge in [0.05, 0.1) is 0 Å². The summed E-state index contributed by atoms with van der Waals surface area (Å²) in [5.74, 6) is 4.54. The van der Waals surface area contributed by atoms with Crippen LogP contribution in [0, 0.1) is 12.8 Å². The highest BCUT2D eigenvalue weighted by atomic mass is 32.2. The highest BCUT2D eigenvalue weighted by Gasteiger charge is 2.29. The standard InChI is InChI=1S/C15H22N4OS/c1-12-16-5-2-14(17-12)18-6-3-13(4-7-18)15(20)19-8-10-21-11-9-19/h2,5,13H,3-4,6-11H2,1H3. The molecule has 0 aliphatic carbocycles. The van der Waals surface area contributed by atoms with Crippen LogP contribution >= 0.6 is 11.8 Å². The smallest absolute Gasteiger partial charge is 0.225 e. The molecule has 0 bridgehead atoms. The van der Waals surface area contributed by atoms with Crippen LogP contribution in [0.5, 0.6) is 0 Å². The molecular formula is C15H22N4OS. The molecular weight excluding hydrogens is 284 g/mol. The molecule has 1 aromatic heterocycles. The minimum absolute atomic E-state index is 0.201. The van der Waals surface area contributed by atoms with Gasteiger partial charge in [-0.05, 0) is 25.8 Å². The Morgan fingerprint density at radius 1 is 1.24 bits per heavy atom. The number of amides is 1. The first-order chi connectivity index (χ1) is 10.2. The van der Waals surface area contributed by atoms with Gasteiger partial charge in [0.2, 0.25) is 5.91 Å². The summed E-state index contributed by atoms with van der Waals surface area (Å²) in [4.78, 5) is 25.5. The van der Waals surface area contributed by atoms with E-state index >= 15 is 0 Å². The minimum atomic E-state index is 0.201. The predicted octanol–water partition coefficient (Wildman–Crippen LogP) is 1.58. The summed E-state index contributed by atoms with van der Waals surface area (Å²) >= 11 is 1.95. The molecule has 0 spiro atoms. The summed E-state index contributed by atoms with van der Waals surface area (Å²) in [7, 11) is 0. The zero-order valence-electron chi connectivity index (χ0n) is 12.5. The summed E-state index contributed by atoms with van der Waals surface area (Å²) in [6.07, 6.45) is 3.68. The summed E-state index contributed by atoms with van der Waals surface area (Å²) in [5.41, 5.74) is 0. The molecule has 21 heavy (non-hydrogen) atoms. The van der Waals surface area contributed by atoms with Gasteiger partial charge in [0.1, 0.15) is 11.6 Å². The van der Waals surface area contributed by atoms with Crippen LogP contribution in [0.2, 0.25) is 0 Å². The first-order valence-corrected chi connectivity index (χ1v) is 8.80. The van der Waals surface area contributed by atoms with Gasteiger partial charge in [0.15, 0.2) is 0 Å². The molecule has 1 amide bonds. The number of anilines is 1. The van der Waals surface area contributed by atoms with Crippen molar-refractivity contribution in [3.8, 4) is 0 Å². The van der Waals surface area contributed by atoms with E-state index in [1.54, 1.807) is 6.20 Å². The monoisotopic (exact) mass is 306 g/mol. The molecule has 0 radical (unpaired) electrons. The summed E-state index contributed by atoms with van der Waals surface area (Å²) in [6, 6.07) is 1.96. The van der Waals surface area contributed by atoms with Crippen molar-refractivity contribution in [2.45, 2.75) is 19.8 Å². The number of hydrogen-bond donors (Lipinski definition) is 0. The Labute approximate surface area is 130 Å². The summed E-state index contributed by atoms with van der Waals surface area (Å²) in [5, 5.41) is 0. The molecule has 0 unspecified atom stereocenters. The molecule has 3 rings (SSSR count). The van der Waals surface area contributed by atoms with Gasteiger partial charge >= 0.3 is 0 Å². The van der Waals surface area contributed by atoms with Crippen LogP contribution in [0.15, 0.2) is 12.3 Å². The molecule has 2 aliphatic rings.